The molecule has 0 saturated carbocycles. The molecule has 0 bridgehead atoms. The Kier molecular flexibility index (Phi) is 6.32. The van der Waals surface area contributed by atoms with Gasteiger partial charge in [-0.2, -0.15) is 5.26 Å². The van der Waals surface area contributed by atoms with E-state index < -0.39 is 11.8 Å². The number of anilines is 1. The van der Waals surface area contributed by atoms with Crippen molar-refractivity contribution in [1.29, 1.82) is 5.26 Å². The summed E-state index contributed by atoms with van der Waals surface area (Å²) < 4.78 is 5.88. The van der Waals surface area contributed by atoms with Crippen molar-refractivity contribution in [3.8, 4) is 17.4 Å². The Balaban J connectivity index is 1.69. The second kappa shape index (κ2) is 9.35. The second-order valence-corrected chi connectivity index (χ2v) is 8.23. The summed E-state index contributed by atoms with van der Waals surface area (Å²) in [4.78, 5) is 39.6. The van der Waals surface area contributed by atoms with Crippen molar-refractivity contribution in [2.24, 2.45) is 0 Å². The molecule has 0 atom stereocenters. The molecule has 1 saturated heterocycles. The lowest BCUT2D eigenvalue weighted by atomic mass is 9.95. The van der Waals surface area contributed by atoms with E-state index in [9.17, 15) is 25.0 Å². The molecular formula is C25H24N4O5. The van der Waals surface area contributed by atoms with Gasteiger partial charge in [-0.15, -0.1) is 0 Å². The number of nitro groups is 1. The summed E-state index contributed by atoms with van der Waals surface area (Å²) in [7, 11) is 0. The maximum Gasteiger partial charge on any atom is 0.293 e. The van der Waals surface area contributed by atoms with Crippen molar-refractivity contribution < 1.29 is 18.9 Å². The minimum absolute atomic E-state index is 0.0210. The number of hydrogen-bond donors (Lipinski definition) is 0. The maximum atomic E-state index is 12.8. The fourth-order valence-corrected chi connectivity index (χ4v) is 4.37. The summed E-state index contributed by atoms with van der Waals surface area (Å²) in [5.41, 5.74) is 1.58. The molecule has 174 valence electrons. The van der Waals surface area contributed by atoms with Crippen LogP contribution in [0.3, 0.4) is 0 Å². The van der Waals surface area contributed by atoms with Gasteiger partial charge in [-0.1, -0.05) is 0 Å². The lowest BCUT2D eigenvalue weighted by Gasteiger charge is -2.28. The highest BCUT2D eigenvalue weighted by Crippen LogP contribution is 2.36. The molecule has 9 nitrogen and oxygen atoms in total. The predicted molar refractivity (Wildman–Crippen MR) is 126 cm³/mol. The fraction of sp³-hybridized carbons (Fsp3) is 0.320. The molecular weight excluding hydrogens is 436 g/mol. The van der Waals surface area contributed by atoms with E-state index >= 15 is 0 Å². The molecule has 1 aromatic carbocycles. The molecule has 4 rings (SSSR count). The highest BCUT2D eigenvalue weighted by Gasteiger charge is 2.34. The van der Waals surface area contributed by atoms with Gasteiger partial charge in [-0.3, -0.25) is 24.6 Å². The van der Waals surface area contributed by atoms with E-state index in [1.54, 1.807) is 38.1 Å². The molecule has 2 aliphatic rings. The van der Waals surface area contributed by atoms with Crippen LogP contribution in [-0.2, 0) is 9.59 Å². The zero-order valence-electron chi connectivity index (χ0n) is 19.0. The average Bonchev–Trinajstić information content (AvgIpc) is 3.31. The Morgan fingerprint density at radius 2 is 1.88 bits per heavy atom. The summed E-state index contributed by atoms with van der Waals surface area (Å²) in [6, 6.07) is 10.2. The van der Waals surface area contributed by atoms with Gasteiger partial charge in [-0.05, 0) is 69.0 Å². The van der Waals surface area contributed by atoms with Crippen LogP contribution in [-0.4, -0.2) is 41.3 Å². The van der Waals surface area contributed by atoms with Crippen LogP contribution < -0.4 is 4.90 Å². The molecule has 2 amide bonds. The first-order chi connectivity index (χ1) is 16.3. The molecule has 1 fully saturated rings. The van der Waals surface area contributed by atoms with Crippen LogP contribution in [0.2, 0.25) is 0 Å². The smallest absolute Gasteiger partial charge is 0.293 e. The summed E-state index contributed by atoms with van der Waals surface area (Å²) >= 11 is 0. The minimum atomic E-state index is -0.606. The van der Waals surface area contributed by atoms with Crippen molar-refractivity contribution in [2.45, 2.75) is 33.1 Å². The van der Waals surface area contributed by atoms with E-state index in [2.05, 4.69) is 0 Å². The quantitative estimate of drug-likeness (QED) is 0.279. The summed E-state index contributed by atoms with van der Waals surface area (Å²) in [5, 5.41) is 21.2. The molecule has 3 heterocycles. The van der Waals surface area contributed by atoms with E-state index in [1.807, 2.05) is 11.0 Å². The van der Waals surface area contributed by atoms with Gasteiger partial charge in [0.2, 0.25) is 0 Å². The first-order valence-corrected chi connectivity index (χ1v) is 11.2. The fourth-order valence-electron chi connectivity index (χ4n) is 4.37. The van der Waals surface area contributed by atoms with Gasteiger partial charge in [0.1, 0.15) is 28.9 Å². The zero-order valence-corrected chi connectivity index (χ0v) is 19.0. The van der Waals surface area contributed by atoms with E-state index in [1.165, 1.54) is 12.1 Å². The van der Waals surface area contributed by atoms with Crippen LogP contribution in [0.4, 0.5) is 11.4 Å². The Labute approximate surface area is 196 Å². The summed E-state index contributed by atoms with van der Waals surface area (Å²) in [6.45, 7) is 4.95. The van der Waals surface area contributed by atoms with Crippen LogP contribution in [0.1, 0.15) is 38.9 Å². The van der Waals surface area contributed by atoms with Gasteiger partial charge in [0.05, 0.1) is 4.92 Å². The van der Waals surface area contributed by atoms with E-state index in [-0.39, 0.29) is 28.3 Å². The molecule has 2 aliphatic heterocycles. The number of furan rings is 1. The molecule has 0 aliphatic carbocycles. The maximum absolute atomic E-state index is 12.8. The minimum Gasteiger partial charge on any atom is -0.457 e. The number of carbonyl (C=O) groups is 2. The SMILES string of the molecule is CCN1C(=O)C(C#N)=C(C)/C(=C\c2ccc(-c3ccc(N4CCCCC4)c([N+](=O)[O-])c3)o2)C1=O. The highest BCUT2D eigenvalue weighted by molar-refractivity contribution is 6.19. The Hall–Kier alpha value is -4.19. The molecule has 0 unspecified atom stereocenters. The van der Waals surface area contributed by atoms with Crippen molar-refractivity contribution in [1.82, 2.24) is 4.90 Å². The number of nitriles is 1. The van der Waals surface area contributed by atoms with Crippen LogP contribution in [0.5, 0.6) is 0 Å². The predicted octanol–water partition coefficient (Wildman–Crippen LogP) is 4.46. The number of nitro benzene ring substituents is 1. The third-order valence-electron chi connectivity index (χ3n) is 6.21. The van der Waals surface area contributed by atoms with Crippen LogP contribution in [0.15, 0.2) is 51.5 Å². The van der Waals surface area contributed by atoms with Crippen LogP contribution >= 0.6 is 0 Å². The average molecular weight is 460 g/mol. The number of hydrogen-bond acceptors (Lipinski definition) is 7. The number of amides is 2. The number of piperidine rings is 1. The van der Waals surface area contributed by atoms with Gasteiger partial charge >= 0.3 is 0 Å². The molecule has 34 heavy (non-hydrogen) atoms. The second-order valence-electron chi connectivity index (χ2n) is 8.23. The van der Waals surface area contributed by atoms with Crippen molar-refractivity contribution in [2.75, 3.05) is 24.5 Å². The molecule has 2 aromatic rings. The molecule has 1 aromatic heterocycles. The molecule has 0 spiro atoms. The number of rotatable bonds is 5. The number of imide groups is 1. The first kappa shape index (κ1) is 23.0. The highest BCUT2D eigenvalue weighted by atomic mass is 16.6. The first-order valence-electron chi connectivity index (χ1n) is 11.2. The Morgan fingerprint density at radius 1 is 1.15 bits per heavy atom. The van der Waals surface area contributed by atoms with Gasteiger partial charge in [0, 0.05) is 36.8 Å². The van der Waals surface area contributed by atoms with Gasteiger partial charge in [0.15, 0.2) is 0 Å². The van der Waals surface area contributed by atoms with Crippen molar-refractivity contribution >= 4 is 29.3 Å². The van der Waals surface area contributed by atoms with E-state index in [0.717, 1.165) is 37.3 Å². The number of benzene rings is 1. The lowest BCUT2D eigenvalue weighted by molar-refractivity contribution is -0.384. The Morgan fingerprint density at radius 3 is 2.53 bits per heavy atom. The largest absolute Gasteiger partial charge is 0.457 e. The van der Waals surface area contributed by atoms with Crippen LogP contribution in [0.25, 0.3) is 17.4 Å². The third-order valence-corrected chi connectivity index (χ3v) is 6.21. The monoisotopic (exact) mass is 460 g/mol. The van der Waals surface area contributed by atoms with E-state index in [0.29, 0.717) is 28.3 Å². The molecule has 9 heteroatoms. The van der Waals surface area contributed by atoms with Crippen molar-refractivity contribution in [3.05, 3.63) is 62.9 Å². The third kappa shape index (κ3) is 4.10. The van der Waals surface area contributed by atoms with Crippen LogP contribution in [0, 0.1) is 21.4 Å². The number of nitrogens with zero attached hydrogens (tertiary/aromatic N) is 4. The number of likely N-dealkylation sites (N-methyl/N-ethyl adjacent to an activating group) is 1. The van der Waals surface area contributed by atoms with E-state index in [4.69, 9.17) is 4.42 Å². The normalized spacial score (nSPS) is 18.0. The number of carbonyl (C=O) groups excluding carboxylic acids is 2. The van der Waals surface area contributed by atoms with Gasteiger partial charge in [-0.25, -0.2) is 0 Å². The zero-order chi connectivity index (χ0) is 24.4. The summed E-state index contributed by atoms with van der Waals surface area (Å²) in [6.07, 6.45) is 4.64. The lowest BCUT2D eigenvalue weighted by Crippen LogP contribution is -2.42. The Bertz CT molecular complexity index is 1270. The standard InChI is InChI=1S/C25H24N4O5/c1-3-28-24(30)19(16(2)20(15-26)25(28)31)14-18-8-10-23(34-18)17-7-9-21(22(13-17)29(32)33)27-11-5-4-6-12-27/h7-10,13-14H,3-6,11-12H2,1-2H3/b19-14+. The van der Waals surface area contributed by atoms with Crippen molar-refractivity contribution in [3.63, 3.8) is 0 Å². The topological polar surface area (TPSA) is 121 Å². The molecule has 0 N–H and O–H groups in total. The molecule has 0 radical (unpaired) electrons. The summed E-state index contributed by atoms with van der Waals surface area (Å²) in [5.74, 6) is -0.355. The van der Waals surface area contributed by atoms with Gasteiger partial charge < -0.3 is 9.32 Å². The van der Waals surface area contributed by atoms with Gasteiger partial charge in [0.25, 0.3) is 17.5 Å².